The van der Waals surface area contributed by atoms with Crippen LogP contribution in [0.3, 0.4) is 0 Å². The summed E-state index contributed by atoms with van der Waals surface area (Å²) in [4.78, 5) is 22.7. The van der Waals surface area contributed by atoms with Gasteiger partial charge in [-0.25, -0.2) is 9.59 Å². The molecule has 0 unspecified atom stereocenters. The molecule has 8 heteroatoms. The molecule has 4 aromatic rings. The van der Waals surface area contributed by atoms with Gasteiger partial charge in [-0.05, 0) is 109 Å². The molecule has 4 aromatic carbocycles. The van der Waals surface area contributed by atoms with Crippen LogP contribution in [0, 0.1) is 0 Å². The summed E-state index contributed by atoms with van der Waals surface area (Å²) < 4.78 is 22.4. The van der Waals surface area contributed by atoms with Crippen LogP contribution < -0.4 is 9.47 Å². The number of hydrogen-bond donors (Lipinski definition) is 2. The molecule has 50 heavy (non-hydrogen) atoms. The van der Waals surface area contributed by atoms with Gasteiger partial charge in [-0.2, -0.15) is 0 Å². The summed E-state index contributed by atoms with van der Waals surface area (Å²) in [5, 5.41) is 18.6. The van der Waals surface area contributed by atoms with Crippen molar-refractivity contribution in [2.75, 3.05) is 26.4 Å². The average Bonchev–Trinajstić information content (AvgIpc) is 3.12. The predicted molar refractivity (Wildman–Crippen MR) is 197 cm³/mol. The van der Waals surface area contributed by atoms with Crippen LogP contribution in [0.2, 0.25) is 0 Å². The highest BCUT2D eigenvalue weighted by atomic mass is 16.5. The van der Waals surface area contributed by atoms with E-state index in [1.165, 1.54) is 0 Å². The summed E-state index contributed by atoms with van der Waals surface area (Å²) in [6, 6.07) is 31.8. The number of rotatable bonds is 19. The fraction of sp³-hybridized carbons (Fsp3) is 0.286. The summed E-state index contributed by atoms with van der Waals surface area (Å²) in [6.45, 7) is 9.23. The van der Waals surface area contributed by atoms with Gasteiger partial charge < -0.3 is 29.2 Å². The number of carboxylic acids is 2. The van der Waals surface area contributed by atoms with E-state index in [4.69, 9.17) is 18.9 Å². The van der Waals surface area contributed by atoms with Crippen molar-refractivity contribution in [3.8, 4) is 22.6 Å². The minimum atomic E-state index is -0.962. The van der Waals surface area contributed by atoms with Crippen LogP contribution >= 0.6 is 0 Å². The number of hydrogen-bond acceptors (Lipinski definition) is 6. The first-order valence-corrected chi connectivity index (χ1v) is 16.8. The molecule has 0 aliphatic carbocycles. The minimum absolute atomic E-state index is 0.309. The van der Waals surface area contributed by atoms with Crippen molar-refractivity contribution in [2.24, 2.45) is 0 Å². The third-order valence-electron chi connectivity index (χ3n) is 8.27. The summed E-state index contributed by atoms with van der Waals surface area (Å²) in [5.74, 6) is -0.489. The molecule has 0 amide bonds. The molecule has 0 aromatic heterocycles. The first-order valence-electron chi connectivity index (χ1n) is 16.8. The van der Waals surface area contributed by atoms with Crippen molar-refractivity contribution in [1.29, 1.82) is 0 Å². The van der Waals surface area contributed by atoms with Crippen molar-refractivity contribution >= 4 is 23.1 Å². The van der Waals surface area contributed by atoms with Crippen LogP contribution in [0.15, 0.2) is 109 Å². The zero-order valence-corrected chi connectivity index (χ0v) is 29.1. The van der Waals surface area contributed by atoms with Crippen LogP contribution in [-0.2, 0) is 31.9 Å². The van der Waals surface area contributed by atoms with Crippen LogP contribution in [0.25, 0.3) is 22.3 Å². The lowest BCUT2D eigenvalue weighted by Gasteiger charge is -2.12. The number of carbonyl (C=O) groups is 2. The van der Waals surface area contributed by atoms with E-state index in [2.05, 4.69) is 62.4 Å². The Morgan fingerprint density at radius 1 is 0.560 bits per heavy atom. The lowest BCUT2D eigenvalue weighted by atomic mass is 9.98. The van der Waals surface area contributed by atoms with Gasteiger partial charge >= 0.3 is 11.9 Å². The van der Waals surface area contributed by atoms with E-state index < -0.39 is 24.1 Å². The maximum atomic E-state index is 11.3. The second-order valence-electron chi connectivity index (χ2n) is 11.8. The molecular formula is C42H46O8. The Balaban J connectivity index is 1.25. The molecule has 0 bridgehead atoms. The van der Waals surface area contributed by atoms with Gasteiger partial charge in [0, 0.05) is 26.1 Å². The first-order chi connectivity index (χ1) is 24.2. The molecule has 0 heterocycles. The van der Waals surface area contributed by atoms with E-state index in [-0.39, 0.29) is 0 Å². The molecule has 4 rings (SSSR count). The highest BCUT2D eigenvalue weighted by Gasteiger charge is 2.18. The summed E-state index contributed by atoms with van der Waals surface area (Å²) in [5.41, 5.74) is 8.46. The molecular weight excluding hydrogens is 632 g/mol. The van der Waals surface area contributed by atoms with Crippen LogP contribution in [-0.4, -0.2) is 60.8 Å². The second-order valence-corrected chi connectivity index (χ2v) is 11.8. The zero-order chi connectivity index (χ0) is 35.9. The van der Waals surface area contributed by atoms with E-state index in [0.717, 1.165) is 56.0 Å². The lowest BCUT2D eigenvalue weighted by molar-refractivity contribution is -0.150. The predicted octanol–water partition coefficient (Wildman–Crippen LogP) is 8.38. The third-order valence-corrected chi connectivity index (χ3v) is 8.27. The molecule has 262 valence electrons. The van der Waals surface area contributed by atoms with Crippen molar-refractivity contribution in [1.82, 2.24) is 0 Å². The average molecular weight is 679 g/mol. The topological polar surface area (TPSA) is 112 Å². The molecule has 0 aliphatic rings. The van der Waals surface area contributed by atoms with E-state index in [1.807, 2.05) is 60.7 Å². The van der Waals surface area contributed by atoms with Gasteiger partial charge in [-0.15, -0.1) is 0 Å². The smallest absolute Gasteiger partial charge is 0.333 e. The minimum Gasteiger partial charge on any atom is -0.490 e. The maximum absolute atomic E-state index is 11.3. The van der Waals surface area contributed by atoms with E-state index in [0.29, 0.717) is 39.3 Å². The fourth-order valence-electron chi connectivity index (χ4n) is 5.32. The monoisotopic (exact) mass is 678 g/mol. The molecule has 0 radical (unpaired) electrons. The number of ether oxygens (including phenoxy) is 4. The van der Waals surface area contributed by atoms with Crippen LogP contribution in [0.4, 0.5) is 0 Å². The summed E-state index contributed by atoms with van der Waals surface area (Å²) >= 11 is 0. The SMILES string of the molecule is CCO[C@@H](Cc1ccc(OC/C=C(\C)c2ccc(-c3ccc(/C(C)=C/COc4ccc(C[C@H](OCC)C(=O)O)cc4)cc3)cc2)cc1)C(=O)O. The lowest BCUT2D eigenvalue weighted by Crippen LogP contribution is -2.26. The Hall–Kier alpha value is -5.18. The molecule has 2 N–H and O–H groups in total. The highest BCUT2D eigenvalue weighted by Crippen LogP contribution is 2.25. The number of allylic oxidation sites excluding steroid dienone is 2. The van der Waals surface area contributed by atoms with E-state index >= 15 is 0 Å². The Morgan fingerprint density at radius 2 is 0.900 bits per heavy atom. The quantitative estimate of drug-likeness (QED) is 0.102. The van der Waals surface area contributed by atoms with Crippen LogP contribution in [0.5, 0.6) is 11.5 Å². The molecule has 0 saturated carbocycles. The fourth-order valence-corrected chi connectivity index (χ4v) is 5.32. The largest absolute Gasteiger partial charge is 0.490 e. The third kappa shape index (κ3) is 11.5. The zero-order valence-electron chi connectivity index (χ0n) is 29.1. The number of benzene rings is 4. The van der Waals surface area contributed by atoms with Gasteiger partial charge in [0.25, 0.3) is 0 Å². The normalized spacial score (nSPS) is 13.0. The van der Waals surface area contributed by atoms with Gasteiger partial charge in [-0.3, -0.25) is 0 Å². The standard InChI is InChI=1S/C42H46O8/c1-5-47-39(41(43)44)27-31-7-19-37(20-8-31)49-25-23-29(3)33-11-15-35(16-12-33)36-17-13-34(14-18-36)30(4)24-26-50-38-21-9-32(10-22-38)28-40(42(45)46)48-6-2/h7-24,39-40H,5-6,25-28H2,1-4H3,(H,43,44)(H,45,46)/b29-23+,30-24+/t39-,40-/m0/s1. The summed E-state index contributed by atoms with van der Waals surface area (Å²) in [7, 11) is 0. The Kier molecular flexibility index (Phi) is 14.4. The molecule has 0 aliphatic heterocycles. The number of carboxylic acid groups (broad SMARTS) is 2. The van der Waals surface area contributed by atoms with Gasteiger partial charge in [0.15, 0.2) is 12.2 Å². The van der Waals surface area contributed by atoms with Gasteiger partial charge in [-0.1, -0.05) is 72.8 Å². The second kappa shape index (κ2) is 19.1. The molecule has 0 spiro atoms. The van der Waals surface area contributed by atoms with Gasteiger partial charge in [0.2, 0.25) is 0 Å². The Bertz CT molecular complexity index is 1590. The number of aliphatic carboxylic acids is 2. The highest BCUT2D eigenvalue weighted by molar-refractivity contribution is 5.74. The van der Waals surface area contributed by atoms with Gasteiger partial charge in [0.05, 0.1) is 0 Å². The molecule has 2 atom stereocenters. The Morgan fingerprint density at radius 3 is 1.20 bits per heavy atom. The molecule has 8 nitrogen and oxygen atoms in total. The van der Waals surface area contributed by atoms with Crippen molar-refractivity contribution in [3.05, 3.63) is 131 Å². The van der Waals surface area contributed by atoms with Gasteiger partial charge in [0.1, 0.15) is 24.7 Å². The molecule has 0 fully saturated rings. The maximum Gasteiger partial charge on any atom is 0.333 e. The van der Waals surface area contributed by atoms with Crippen molar-refractivity contribution in [2.45, 2.75) is 52.7 Å². The summed E-state index contributed by atoms with van der Waals surface area (Å²) in [6.07, 6.45) is 3.00. The van der Waals surface area contributed by atoms with Crippen molar-refractivity contribution in [3.63, 3.8) is 0 Å². The van der Waals surface area contributed by atoms with E-state index in [1.54, 1.807) is 13.8 Å². The van der Waals surface area contributed by atoms with Crippen molar-refractivity contribution < 1.29 is 38.7 Å². The molecule has 0 saturated heterocycles. The van der Waals surface area contributed by atoms with Crippen LogP contribution in [0.1, 0.15) is 49.9 Å². The Labute approximate surface area is 294 Å². The first kappa shape index (κ1) is 37.6. The van der Waals surface area contributed by atoms with E-state index in [9.17, 15) is 19.8 Å².